The number of benzene rings is 2. The van der Waals surface area contributed by atoms with E-state index in [4.69, 9.17) is 20.9 Å². The van der Waals surface area contributed by atoms with Gasteiger partial charge in [0, 0.05) is 17.3 Å². The number of amides is 1. The summed E-state index contributed by atoms with van der Waals surface area (Å²) in [5.74, 6) is 0.876. The van der Waals surface area contributed by atoms with E-state index in [-0.39, 0.29) is 0 Å². The van der Waals surface area contributed by atoms with E-state index in [0.717, 1.165) is 5.56 Å². The van der Waals surface area contributed by atoms with Gasteiger partial charge in [-0.2, -0.15) is 0 Å². The van der Waals surface area contributed by atoms with Gasteiger partial charge in [0.25, 0.3) is 0 Å². The van der Waals surface area contributed by atoms with E-state index < -0.39 is 5.91 Å². The molecule has 0 spiro atoms. The smallest absolute Gasteiger partial charge is 0.248 e. The van der Waals surface area contributed by atoms with Gasteiger partial charge < -0.3 is 20.9 Å². The molecule has 0 aliphatic rings. The molecule has 104 valence electrons. The minimum Gasteiger partial charge on any atom is -0.497 e. The third-order valence-corrected chi connectivity index (χ3v) is 2.77. The third-order valence-electron chi connectivity index (χ3n) is 2.77. The average molecular weight is 272 g/mol. The van der Waals surface area contributed by atoms with Gasteiger partial charge in [-0.15, -0.1) is 0 Å². The molecule has 0 aliphatic heterocycles. The highest BCUT2D eigenvalue weighted by Crippen LogP contribution is 2.20. The first-order valence-electron chi connectivity index (χ1n) is 6.04. The molecule has 20 heavy (non-hydrogen) atoms. The largest absolute Gasteiger partial charge is 0.497 e. The van der Waals surface area contributed by atoms with Crippen LogP contribution < -0.4 is 20.9 Å². The Labute approximate surface area is 117 Å². The lowest BCUT2D eigenvalue weighted by molar-refractivity contribution is 0.100. The molecule has 0 saturated carbocycles. The van der Waals surface area contributed by atoms with Gasteiger partial charge in [0.05, 0.1) is 7.11 Å². The lowest BCUT2D eigenvalue weighted by Crippen LogP contribution is -2.10. The molecule has 0 unspecified atom stereocenters. The van der Waals surface area contributed by atoms with Crippen LogP contribution >= 0.6 is 0 Å². The lowest BCUT2D eigenvalue weighted by atomic mass is 10.2. The number of hydrogen-bond donors (Lipinski definition) is 2. The van der Waals surface area contributed by atoms with Gasteiger partial charge in [-0.1, -0.05) is 0 Å². The Kier molecular flexibility index (Phi) is 4.10. The Bertz CT molecular complexity index is 609. The number of carbonyl (C=O) groups excluding carboxylic acids is 1. The zero-order valence-corrected chi connectivity index (χ0v) is 11.1. The van der Waals surface area contributed by atoms with E-state index in [1.807, 2.05) is 12.1 Å². The van der Waals surface area contributed by atoms with Crippen LogP contribution in [0, 0.1) is 0 Å². The van der Waals surface area contributed by atoms with Crippen molar-refractivity contribution in [1.82, 2.24) is 0 Å². The highest BCUT2D eigenvalue weighted by molar-refractivity contribution is 5.92. The van der Waals surface area contributed by atoms with Gasteiger partial charge in [-0.3, -0.25) is 4.79 Å². The molecule has 0 heterocycles. The molecular weight excluding hydrogens is 256 g/mol. The highest BCUT2D eigenvalue weighted by atomic mass is 16.5. The Morgan fingerprint density at radius 2 is 1.80 bits per heavy atom. The van der Waals surface area contributed by atoms with Crippen LogP contribution in [0.1, 0.15) is 15.9 Å². The topological polar surface area (TPSA) is 87.6 Å². The molecule has 4 N–H and O–H groups in total. The SMILES string of the molecule is COc1cc(N)cc(COc2ccc(C(N)=O)cc2)c1. The van der Waals surface area contributed by atoms with Gasteiger partial charge in [-0.25, -0.2) is 0 Å². The Morgan fingerprint density at radius 1 is 1.10 bits per heavy atom. The minimum absolute atomic E-state index is 0.358. The first-order chi connectivity index (χ1) is 9.58. The van der Waals surface area contributed by atoms with Crippen molar-refractivity contribution in [3.05, 3.63) is 53.6 Å². The van der Waals surface area contributed by atoms with Crippen LogP contribution in [0.5, 0.6) is 11.5 Å². The molecular formula is C15H16N2O3. The number of methoxy groups -OCH3 is 1. The van der Waals surface area contributed by atoms with Crippen molar-refractivity contribution in [2.75, 3.05) is 12.8 Å². The number of rotatable bonds is 5. The number of nitrogen functional groups attached to an aromatic ring is 1. The number of primary amides is 1. The quantitative estimate of drug-likeness (QED) is 0.814. The van der Waals surface area contributed by atoms with Crippen LogP contribution in [0.4, 0.5) is 5.69 Å². The van der Waals surface area contributed by atoms with E-state index in [2.05, 4.69) is 0 Å². The Balaban J connectivity index is 2.04. The Hall–Kier alpha value is -2.69. The number of carbonyl (C=O) groups is 1. The zero-order valence-electron chi connectivity index (χ0n) is 11.1. The molecule has 0 radical (unpaired) electrons. The summed E-state index contributed by atoms with van der Waals surface area (Å²) in [6, 6.07) is 12.1. The summed E-state index contributed by atoms with van der Waals surface area (Å²) < 4.78 is 10.8. The molecule has 0 saturated heterocycles. The summed E-state index contributed by atoms with van der Waals surface area (Å²) >= 11 is 0. The molecule has 5 nitrogen and oxygen atoms in total. The first kappa shape index (κ1) is 13.7. The summed E-state index contributed by atoms with van der Waals surface area (Å²) in [6.45, 7) is 0.358. The summed E-state index contributed by atoms with van der Waals surface area (Å²) in [7, 11) is 1.59. The lowest BCUT2D eigenvalue weighted by Gasteiger charge is -2.09. The molecule has 5 heteroatoms. The van der Waals surface area contributed by atoms with Crippen molar-refractivity contribution in [2.24, 2.45) is 5.73 Å². The minimum atomic E-state index is -0.461. The van der Waals surface area contributed by atoms with Crippen molar-refractivity contribution < 1.29 is 14.3 Å². The molecule has 2 aromatic carbocycles. The molecule has 2 rings (SSSR count). The second-order valence-corrected chi connectivity index (χ2v) is 4.29. The molecule has 1 amide bonds. The van der Waals surface area contributed by atoms with Crippen molar-refractivity contribution in [3.8, 4) is 11.5 Å². The van der Waals surface area contributed by atoms with E-state index in [0.29, 0.717) is 29.4 Å². The Morgan fingerprint density at radius 3 is 2.40 bits per heavy atom. The van der Waals surface area contributed by atoms with Crippen LogP contribution in [0.25, 0.3) is 0 Å². The third kappa shape index (κ3) is 3.41. The van der Waals surface area contributed by atoms with E-state index in [1.54, 1.807) is 37.4 Å². The van der Waals surface area contributed by atoms with Crippen molar-refractivity contribution in [1.29, 1.82) is 0 Å². The fourth-order valence-corrected chi connectivity index (χ4v) is 1.77. The zero-order chi connectivity index (χ0) is 14.5. The molecule has 0 fully saturated rings. The predicted octanol–water partition coefficient (Wildman–Crippen LogP) is 1.96. The maximum atomic E-state index is 11.0. The highest BCUT2D eigenvalue weighted by Gasteiger charge is 2.03. The van der Waals surface area contributed by atoms with E-state index in [1.165, 1.54) is 0 Å². The number of hydrogen-bond acceptors (Lipinski definition) is 4. The number of anilines is 1. The van der Waals surface area contributed by atoms with Gasteiger partial charge in [-0.05, 0) is 42.0 Å². The monoisotopic (exact) mass is 272 g/mol. The molecule has 0 atom stereocenters. The van der Waals surface area contributed by atoms with Gasteiger partial charge in [0.15, 0.2) is 0 Å². The normalized spacial score (nSPS) is 10.1. The maximum Gasteiger partial charge on any atom is 0.248 e. The van der Waals surface area contributed by atoms with Crippen molar-refractivity contribution >= 4 is 11.6 Å². The summed E-state index contributed by atoms with van der Waals surface area (Å²) in [5.41, 5.74) is 12.9. The van der Waals surface area contributed by atoms with Crippen molar-refractivity contribution in [2.45, 2.75) is 6.61 Å². The van der Waals surface area contributed by atoms with Gasteiger partial charge in [0.2, 0.25) is 5.91 Å². The number of ether oxygens (including phenoxy) is 2. The second kappa shape index (κ2) is 5.97. The van der Waals surface area contributed by atoms with Crippen LogP contribution in [0.3, 0.4) is 0 Å². The summed E-state index contributed by atoms with van der Waals surface area (Å²) in [6.07, 6.45) is 0. The molecule has 0 bridgehead atoms. The summed E-state index contributed by atoms with van der Waals surface area (Å²) in [4.78, 5) is 11.0. The number of nitrogens with two attached hydrogens (primary N) is 2. The second-order valence-electron chi connectivity index (χ2n) is 4.29. The predicted molar refractivity (Wildman–Crippen MR) is 76.7 cm³/mol. The fraction of sp³-hybridized carbons (Fsp3) is 0.133. The van der Waals surface area contributed by atoms with Gasteiger partial charge >= 0.3 is 0 Å². The van der Waals surface area contributed by atoms with Crippen molar-refractivity contribution in [3.63, 3.8) is 0 Å². The van der Waals surface area contributed by atoms with Crippen LogP contribution in [-0.2, 0) is 6.61 Å². The average Bonchev–Trinajstić information content (AvgIpc) is 2.45. The fourth-order valence-electron chi connectivity index (χ4n) is 1.77. The van der Waals surface area contributed by atoms with Crippen LogP contribution in [-0.4, -0.2) is 13.0 Å². The van der Waals surface area contributed by atoms with Crippen LogP contribution in [0.15, 0.2) is 42.5 Å². The maximum absolute atomic E-state index is 11.0. The molecule has 0 aromatic heterocycles. The standard InChI is InChI=1S/C15H16N2O3/c1-19-14-7-10(6-12(16)8-14)9-20-13-4-2-11(3-5-13)15(17)18/h2-8H,9,16H2,1H3,(H2,17,18). The summed E-state index contributed by atoms with van der Waals surface area (Å²) in [5, 5.41) is 0. The van der Waals surface area contributed by atoms with E-state index in [9.17, 15) is 4.79 Å². The van der Waals surface area contributed by atoms with Gasteiger partial charge in [0.1, 0.15) is 18.1 Å². The van der Waals surface area contributed by atoms with Crippen LogP contribution in [0.2, 0.25) is 0 Å². The first-order valence-corrected chi connectivity index (χ1v) is 6.04. The molecule has 0 aliphatic carbocycles. The molecule has 2 aromatic rings. The van der Waals surface area contributed by atoms with E-state index >= 15 is 0 Å².